The van der Waals surface area contributed by atoms with Crippen LogP contribution < -0.4 is 5.73 Å². The van der Waals surface area contributed by atoms with Crippen LogP contribution in [-0.2, 0) is 4.74 Å². The van der Waals surface area contributed by atoms with E-state index in [0.29, 0.717) is 18.6 Å². The Labute approximate surface area is 75.5 Å². The van der Waals surface area contributed by atoms with Crippen molar-refractivity contribution in [3.8, 4) is 0 Å². The highest BCUT2D eigenvalue weighted by atomic mass is 16.5. The number of nitrogens with two attached hydrogens (primary N) is 1. The summed E-state index contributed by atoms with van der Waals surface area (Å²) >= 11 is 0. The van der Waals surface area contributed by atoms with Crippen LogP contribution in [0.1, 0.15) is 34.1 Å². The Balaban J connectivity index is 2.54. The molecule has 0 bridgehead atoms. The van der Waals surface area contributed by atoms with Gasteiger partial charge in [-0.25, -0.2) is 0 Å². The number of hydrogen-bond acceptors (Lipinski definition) is 2. The minimum absolute atomic E-state index is 0.00637. The summed E-state index contributed by atoms with van der Waals surface area (Å²) in [5.74, 6) is 1.39. The summed E-state index contributed by atoms with van der Waals surface area (Å²) in [5.41, 5.74) is 5.74. The molecule has 0 radical (unpaired) electrons. The van der Waals surface area contributed by atoms with Gasteiger partial charge in [-0.2, -0.15) is 0 Å². The Morgan fingerprint density at radius 1 is 1.50 bits per heavy atom. The van der Waals surface area contributed by atoms with Gasteiger partial charge in [-0.3, -0.25) is 0 Å². The second-order valence-corrected chi connectivity index (χ2v) is 4.41. The van der Waals surface area contributed by atoms with E-state index in [0.717, 1.165) is 12.3 Å². The van der Waals surface area contributed by atoms with E-state index in [1.165, 1.54) is 0 Å². The lowest BCUT2D eigenvalue weighted by atomic mass is 9.62. The van der Waals surface area contributed by atoms with E-state index in [2.05, 4.69) is 27.7 Å². The van der Waals surface area contributed by atoms with Gasteiger partial charge in [0.1, 0.15) is 0 Å². The molecule has 1 aliphatic carbocycles. The van der Waals surface area contributed by atoms with Gasteiger partial charge in [-0.15, -0.1) is 0 Å². The van der Waals surface area contributed by atoms with Crippen LogP contribution in [0.5, 0.6) is 0 Å². The second-order valence-electron chi connectivity index (χ2n) is 4.41. The van der Waals surface area contributed by atoms with Crippen molar-refractivity contribution in [3.63, 3.8) is 0 Å². The van der Waals surface area contributed by atoms with Crippen molar-refractivity contribution in [2.45, 2.75) is 45.8 Å². The minimum Gasteiger partial charge on any atom is -0.371 e. The predicted octanol–water partition coefficient (Wildman–Crippen LogP) is 1.78. The first-order chi connectivity index (χ1) is 5.52. The van der Waals surface area contributed by atoms with Crippen molar-refractivity contribution in [3.05, 3.63) is 0 Å². The molecule has 72 valence electrons. The van der Waals surface area contributed by atoms with Crippen LogP contribution in [-0.4, -0.2) is 18.2 Å². The molecule has 2 heteroatoms. The molecule has 1 saturated carbocycles. The molecule has 3 atom stereocenters. The summed E-state index contributed by atoms with van der Waals surface area (Å²) in [7, 11) is 0. The van der Waals surface area contributed by atoms with Crippen LogP contribution in [0, 0.1) is 11.8 Å². The van der Waals surface area contributed by atoms with Gasteiger partial charge in [0.2, 0.25) is 0 Å². The van der Waals surface area contributed by atoms with Crippen LogP contribution in [0.3, 0.4) is 0 Å². The van der Waals surface area contributed by atoms with Gasteiger partial charge in [0.25, 0.3) is 0 Å². The summed E-state index contributed by atoms with van der Waals surface area (Å²) in [6, 6.07) is 0. The smallest absolute Gasteiger partial charge is 0.0838 e. The van der Waals surface area contributed by atoms with E-state index in [4.69, 9.17) is 10.5 Å². The van der Waals surface area contributed by atoms with Gasteiger partial charge in [0.15, 0.2) is 0 Å². The third-order valence-corrected chi connectivity index (χ3v) is 3.17. The molecule has 0 spiro atoms. The van der Waals surface area contributed by atoms with E-state index in [1.54, 1.807) is 0 Å². The Morgan fingerprint density at radius 2 is 2.08 bits per heavy atom. The monoisotopic (exact) mass is 171 g/mol. The first-order valence-corrected chi connectivity index (χ1v) is 4.89. The highest BCUT2D eigenvalue weighted by Gasteiger charge is 2.49. The van der Waals surface area contributed by atoms with Gasteiger partial charge in [-0.05, 0) is 32.1 Å². The maximum Gasteiger partial charge on any atom is 0.0838 e. The van der Waals surface area contributed by atoms with Gasteiger partial charge in [-0.1, -0.05) is 13.8 Å². The SMILES string of the molecule is CC(C)OC1(CN)CC(C)C1C. The molecule has 2 N–H and O–H groups in total. The van der Waals surface area contributed by atoms with Crippen molar-refractivity contribution < 1.29 is 4.74 Å². The number of hydrogen-bond donors (Lipinski definition) is 1. The van der Waals surface area contributed by atoms with Crippen molar-refractivity contribution >= 4 is 0 Å². The fourth-order valence-corrected chi connectivity index (χ4v) is 2.21. The second kappa shape index (κ2) is 3.35. The van der Waals surface area contributed by atoms with E-state index < -0.39 is 0 Å². The summed E-state index contributed by atoms with van der Waals surface area (Å²) < 4.78 is 5.88. The zero-order valence-electron chi connectivity index (χ0n) is 8.63. The van der Waals surface area contributed by atoms with Crippen LogP contribution in [0.4, 0.5) is 0 Å². The van der Waals surface area contributed by atoms with Crippen LogP contribution in [0.15, 0.2) is 0 Å². The molecular weight excluding hydrogens is 150 g/mol. The lowest BCUT2D eigenvalue weighted by Crippen LogP contribution is -2.59. The zero-order valence-corrected chi connectivity index (χ0v) is 8.63. The minimum atomic E-state index is -0.00637. The molecule has 1 aliphatic rings. The standard InChI is InChI=1S/C10H21NO/c1-7(2)12-10(6-11)5-8(3)9(10)4/h7-9H,5-6,11H2,1-4H3. The summed E-state index contributed by atoms with van der Waals surface area (Å²) in [4.78, 5) is 0. The van der Waals surface area contributed by atoms with Crippen molar-refractivity contribution in [1.29, 1.82) is 0 Å². The van der Waals surface area contributed by atoms with E-state index in [9.17, 15) is 0 Å². The van der Waals surface area contributed by atoms with Crippen molar-refractivity contribution in [2.75, 3.05) is 6.54 Å². The van der Waals surface area contributed by atoms with Crippen LogP contribution in [0.2, 0.25) is 0 Å². The Morgan fingerprint density at radius 3 is 2.33 bits per heavy atom. The molecule has 0 aliphatic heterocycles. The molecule has 0 amide bonds. The average Bonchev–Trinajstić information content (AvgIpc) is 2.02. The molecule has 0 heterocycles. The molecule has 3 unspecified atom stereocenters. The Hall–Kier alpha value is -0.0800. The van der Waals surface area contributed by atoms with Crippen molar-refractivity contribution in [1.82, 2.24) is 0 Å². The van der Waals surface area contributed by atoms with Crippen molar-refractivity contribution in [2.24, 2.45) is 17.6 Å². The summed E-state index contributed by atoms with van der Waals surface area (Å²) in [6.07, 6.45) is 1.42. The molecule has 0 aromatic heterocycles. The Bertz CT molecular complexity index is 158. The van der Waals surface area contributed by atoms with Gasteiger partial charge >= 0.3 is 0 Å². The third kappa shape index (κ3) is 1.50. The summed E-state index contributed by atoms with van der Waals surface area (Å²) in [5, 5.41) is 0. The quantitative estimate of drug-likeness (QED) is 0.702. The summed E-state index contributed by atoms with van der Waals surface area (Å²) in [6.45, 7) is 9.32. The highest BCUT2D eigenvalue weighted by molar-refractivity contribution is 5.01. The molecule has 1 rings (SSSR count). The first-order valence-electron chi connectivity index (χ1n) is 4.89. The van der Waals surface area contributed by atoms with Gasteiger partial charge in [0.05, 0.1) is 11.7 Å². The number of rotatable bonds is 3. The van der Waals surface area contributed by atoms with Gasteiger partial charge < -0.3 is 10.5 Å². The lowest BCUT2D eigenvalue weighted by Gasteiger charge is -2.52. The molecular formula is C10H21NO. The van der Waals surface area contributed by atoms with Gasteiger partial charge in [0, 0.05) is 6.54 Å². The lowest BCUT2D eigenvalue weighted by molar-refractivity contribution is -0.183. The zero-order chi connectivity index (χ0) is 9.35. The number of ether oxygens (including phenoxy) is 1. The fraction of sp³-hybridized carbons (Fsp3) is 1.00. The Kier molecular flexibility index (Phi) is 2.79. The molecule has 0 aromatic carbocycles. The topological polar surface area (TPSA) is 35.2 Å². The third-order valence-electron chi connectivity index (χ3n) is 3.17. The van der Waals surface area contributed by atoms with E-state index in [1.807, 2.05) is 0 Å². The maximum atomic E-state index is 5.88. The van der Waals surface area contributed by atoms with Crippen LogP contribution >= 0.6 is 0 Å². The normalized spacial score (nSPS) is 41.5. The molecule has 1 fully saturated rings. The maximum absolute atomic E-state index is 5.88. The van der Waals surface area contributed by atoms with E-state index >= 15 is 0 Å². The largest absolute Gasteiger partial charge is 0.371 e. The molecule has 2 nitrogen and oxygen atoms in total. The fourth-order valence-electron chi connectivity index (χ4n) is 2.21. The molecule has 0 saturated heterocycles. The average molecular weight is 171 g/mol. The highest BCUT2D eigenvalue weighted by Crippen LogP contribution is 2.46. The van der Waals surface area contributed by atoms with Crippen LogP contribution in [0.25, 0.3) is 0 Å². The molecule has 12 heavy (non-hydrogen) atoms. The van der Waals surface area contributed by atoms with E-state index in [-0.39, 0.29) is 5.60 Å². The molecule has 0 aromatic rings. The first kappa shape index (κ1) is 10.0. The predicted molar refractivity (Wildman–Crippen MR) is 51.0 cm³/mol.